The molecule has 0 spiro atoms. The lowest BCUT2D eigenvalue weighted by atomic mass is 9.92. The summed E-state index contributed by atoms with van der Waals surface area (Å²) < 4.78 is 6.81. The van der Waals surface area contributed by atoms with Gasteiger partial charge in [0, 0.05) is 36.3 Å². The number of hydrogen-bond acceptors (Lipinski definition) is 5. The van der Waals surface area contributed by atoms with Gasteiger partial charge in [-0.05, 0) is 36.4 Å². The second-order valence-electron chi connectivity index (χ2n) is 8.86. The molecule has 1 atom stereocenters. The summed E-state index contributed by atoms with van der Waals surface area (Å²) in [6, 6.07) is 14.6. The number of ether oxygens (including phenoxy) is 1. The molecule has 1 saturated heterocycles. The van der Waals surface area contributed by atoms with Crippen molar-refractivity contribution in [1.29, 1.82) is 0 Å². The normalized spacial score (nSPS) is 16.3. The molecular weight excluding hydrogens is 406 g/mol. The average molecular weight is 434 g/mol. The molecule has 0 aliphatic carbocycles. The van der Waals surface area contributed by atoms with Crippen molar-refractivity contribution in [3.63, 3.8) is 0 Å². The van der Waals surface area contributed by atoms with Crippen molar-refractivity contribution in [2.45, 2.75) is 32.6 Å². The number of carbonyl (C=O) groups excluding carboxylic acids is 2. The van der Waals surface area contributed by atoms with E-state index in [2.05, 4.69) is 36.2 Å². The summed E-state index contributed by atoms with van der Waals surface area (Å²) in [6.07, 6.45) is 1.84. The number of rotatable bonds is 5. The molecule has 4 rings (SSSR count). The minimum atomic E-state index is -0.463. The van der Waals surface area contributed by atoms with Crippen LogP contribution in [0.3, 0.4) is 0 Å². The van der Waals surface area contributed by atoms with Crippen LogP contribution in [-0.2, 0) is 15.0 Å². The van der Waals surface area contributed by atoms with Crippen LogP contribution < -0.4 is 15.0 Å². The first-order chi connectivity index (χ1) is 15.3. The van der Waals surface area contributed by atoms with Crippen LogP contribution in [0.25, 0.3) is 5.82 Å². The number of anilines is 2. The van der Waals surface area contributed by atoms with Gasteiger partial charge >= 0.3 is 0 Å². The summed E-state index contributed by atoms with van der Waals surface area (Å²) in [7, 11) is 1.59. The summed E-state index contributed by atoms with van der Waals surface area (Å²) >= 11 is 0. The highest BCUT2D eigenvalue weighted by atomic mass is 16.5. The van der Waals surface area contributed by atoms with E-state index < -0.39 is 5.92 Å². The zero-order valence-electron chi connectivity index (χ0n) is 18.7. The molecule has 1 unspecified atom stereocenters. The van der Waals surface area contributed by atoms with Gasteiger partial charge in [-0.3, -0.25) is 9.59 Å². The van der Waals surface area contributed by atoms with Crippen molar-refractivity contribution < 1.29 is 14.3 Å². The maximum absolute atomic E-state index is 13.1. The van der Waals surface area contributed by atoms with Crippen molar-refractivity contribution in [2.24, 2.45) is 5.92 Å². The van der Waals surface area contributed by atoms with E-state index in [1.807, 2.05) is 36.4 Å². The molecule has 0 saturated carbocycles. The minimum absolute atomic E-state index is 0.0797. The first-order valence-corrected chi connectivity index (χ1v) is 10.5. The molecule has 2 aromatic heterocycles. The molecule has 1 fully saturated rings. The number of amides is 2. The SMILES string of the molecule is COc1ccc(N2CC(C(=O)Nc3cc(C(C)(C)C)nn3-c3ccccn3)CC2=O)cc1. The van der Waals surface area contributed by atoms with Gasteiger partial charge in [0.25, 0.3) is 0 Å². The van der Waals surface area contributed by atoms with Gasteiger partial charge in [0.05, 0.1) is 18.7 Å². The van der Waals surface area contributed by atoms with Crippen LogP contribution in [0.15, 0.2) is 54.7 Å². The Labute approximate surface area is 187 Å². The molecule has 8 nitrogen and oxygen atoms in total. The highest BCUT2D eigenvalue weighted by molar-refractivity contribution is 6.03. The summed E-state index contributed by atoms with van der Waals surface area (Å²) in [5, 5.41) is 7.65. The zero-order valence-corrected chi connectivity index (χ0v) is 18.7. The van der Waals surface area contributed by atoms with E-state index in [9.17, 15) is 9.59 Å². The van der Waals surface area contributed by atoms with Gasteiger partial charge in [-0.2, -0.15) is 9.78 Å². The fraction of sp³-hybridized carbons (Fsp3) is 0.333. The first kappa shape index (κ1) is 21.5. The van der Waals surface area contributed by atoms with Gasteiger partial charge in [0.15, 0.2) is 5.82 Å². The van der Waals surface area contributed by atoms with E-state index in [1.165, 1.54) is 0 Å². The predicted molar refractivity (Wildman–Crippen MR) is 122 cm³/mol. The molecular formula is C24H27N5O3. The maximum atomic E-state index is 13.1. The summed E-state index contributed by atoms with van der Waals surface area (Å²) in [6.45, 7) is 6.51. The number of methoxy groups -OCH3 is 1. The number of aromatic nitrogens is 3. The van der Waals surface area contributed by atoms with E-state index in [1.54, 1.807) is 35.0 Å². The number of carbonyl (C=O) groups is 2. The highest BCUT2D eigenvalue weighted by Gasteiger charge is 2.36. The second kappa shape index (κ2) is 8.45. The molecule has 1 N–H and O–H groups in total. The van der Waals surface area contributed by atoms with Crippen LogP contribution in [0.2, 0.25) is 0 Å². The molecule has 166 valence electrons. The van der Waals surface area contributed by atoms with Gasteiger partial charge in [-0.25, -0.2) is 4.98 Å². The fourth-order valence-electron chi connectivity index (χ4n) is 3.61. The van der Waals surface area contributed by atoms with Crippen LogP contribution in [0.4, 0.5) is 11.5 Å². The van der Waals surface area contributed by atoms with E-state index >= 15 is 0 Å². The molecule has 8 heteroatoms. The van der Waals surface area contributed by atoms with Crippen LogP contribution in [0.1, 0.15) is 32.9 Å². The molecule has 2 amide bonds. The molecule has 0 radical (unpaired) electrons. The summed E-state index contributed by atoms with van der Waals surface area (Å²) in [4.78, 5) is 31.7. The second-order valence-corrected chi connectivity index (χ2v) is 8.86. The van der Waals surface area contributed by atoms with Gasteiger partial charge in [0.2, 0.25) is 11.8 Å². The molecule has 3 heterocycles. The van der Waals surface area contributed by atoms with Crippen LogP contribution in [0.5, 0.6) is 5.75 Å². The predicted octanol–water partition coefficient (Wildman–Crippen LogP) is 3.57. The Hall–Kier alpha value is -3.68. The number of nitrogens with one attached hydrogen (secondary N) is 1. The van der Waals surface area contributed by atoms with Crippen molar-refractivity contribution in [2.75, 3.05) is 23.9 Å². The van der Waals surface area contributed by atoms with Gasteiger partial charge in [-0.15, -0.1) is 0 Å². The Balaban J connectivity index is 1.55. The fourth-order valence-corrected chi connectivity index (χ4v) is 3.61. The van der Waals surface area contributed by atoms with Crippen LogP contribution in [-0.4, -0.2) is 40.2 Å². The molecule has 1 aliphatic rings. The average Bonchev–Trinajstić information content (AvgIpc) is 3.38. The highest BCUT2D eigenvalue weighted by Crippen LogP contribution is 2.29. The van der Waals surface area contributed by atoms with Crippen LogP contribution >= 0.6 is 0 Å². The van der Waals surface area contributed by atoms with E-state index in [4.69, 9.17) is 4.74 Å². The number of nitrogens with zero attached hydrogens (tertiary/aromatic N) is 4. The van der Waals surface area contributed by atoms with Gasteiger partial charge in [-0.1, -0.05) is 26.8 Å². The molecule has 0 bridgehead atoms. The van der Waals surface area contributed by atoms with Crippen molar-refractivity contribution >= 4 is 23.3 Å². The standard InChI is InChI=1S/C24H27N5O3/c1-24(2,3)19-14-21(29(27-19)20-7-5-6-12-25-20)26-23(31)16-13-22(30)28(15-16)17-8-10-18(32-4)11-9-17/h5-12,14,16H,13,15H2,1-4H3,(H,26,31). The van der Waals surface area contributed by atoms with Crippen LogP contribution in [0, 0.1) is 5.92 Å². The number of benzene rings is 1. The third-order valence-corrected chi connectivity index (χ3v) is 5.48. The molecule has 1 aliphatic heterocycles. The Morgan fingerprint density at radius 3 is 2.53 bits per heavy atom. The van der Waals surface area contributed by atoms with E-state index in [-0.39, 0.29) is 23.7 Å². The monoisotopic (exact) mass is 433 g/mol. The lowest BCUT2D eigenvalue weighted by molar-refractivity contribution is -0.122. The maximum Gasteiger partial charge on any atom is 0.230 e. The van der Waals surface area contributed by atoms with Gasteiger partial charge < -0.3 is 15.0 Å². The van der Waals surface area contributed by atoms with Crippen molar-refractivity contribution in [3.05, 3.63) is 60.4 Å². The van der Waals surface area contributed by atoms with Crippen molar-refractivity contribution in [1.82, 2.24) is 14.8 Å². The van der Waals surface area contributed by atoms with Crippen molar-refractivity contribution in [3.8, 4) is 11.6 Å². The smallest absolute Gasteiger partial charge is 0.230 e. The van der Waals surface area contributed by atoms with E-state index in [0.717, 1.165) is 11.4 Å². The van der Waals surface area contributed by atoms with E-state index in [0.29, 0.717) is 23.9 Å². The quantitative estimate of drug-likeness (QED) is 0.665. The molecule has 1 aromatic carbocycles. The number of pyridine rings is 1. The lowest BCUT2D eigenvalue weighted by Crippen LogP contribution is -2.28. The lowest BCUT2D eigenvalue weighted by Gasteiger charge is -2.17. The Morgan fingerprint density at radius 2 is 1.91 bits per heavy atom. The van der Waals surface area contributed by atoms with Gasteiger partial charge in [0.1, 0.15) is 11.6 Å². The Morgan fingerprint density at radius 1 is 1.16 bits per heavy atom. The Kier molecular flexibility index (Phi) is 5.69. The number of hydrogen-bond donors (Lipinski definition) is 1. The third-order valence-electron chi connectivity index (χ3n) is 5.48. The molecule has 3 aromatic rings. The summed E-state index contributed by atoms with van der Waals surface area (Å²) in [5.74, 6) is 1.10. The summed E-state index contributed by atoms with van der Waals surface area (Å²) in [5.41, 5.74) is 1.38. The largest absolute Gasteiger partial charge is 0.497 e. The first-order valence-electron chi connectivity index (χ1n) is 10.5. The minimum Gasteiger partial charge on any atom is -0.497 e. The Bertz CT molecular complexity index is 1120. The topological polar surface area (TPSA) is 89.3 Å². The molecule has 32 heavy (non-hydrogen) atoms. The zero-order chi connectivity index (χ0) is 22.9. The third kappa shape index (κ3) is 4.34.